The molecule has 0 heterocycles. The van der Waals surface area contributed by atoms with Gasteiger partial charge in [0.25, 0.3) is 0 Å². The summed E-state index contributed by atoms with van der Waals surface area (Å²) < 4.78 is 0.859. The minimum absolute atomic E-state index is 0.621. The average Bonchev–Trinajstić information content (AvgIpc) is 2.32. The molecule has 0 saturated heterocycles. The summed E-state index contributed by atoms with van der Waals surface area (Å²) in [5.74, 6) is 0. The van der Waals surface area contributed by atoms with Crippen molar-refractivity contribution in [2.24, 2.45) is 0 Å². The number of hydrogen-bond donors (Lipinski definition) is 1. The van der Waals surface area contributed by atoms with Crippen molar-refractivity contribution in [2.75, 3.05) is 0 Å². The van der Waals surface area contributed by atoms with Crippen molar-refractivity contribution in [2.45, 2.75) is 13.0 Å². The van der Waals surface area contributed by atoms with Crippen molar-refractivity contribution in [1.82, 2.24) is 0 Å². The van der Waals surface area contributed by atoms with E-state index in [9.17, 15) is 5.11 Å². The number of aliphatic hydroxyl groups is 1. The lowest BCUT2D eigenvalue weighted by Crippen LogP contribution is -2.02. The highest BCUT2D eigenvalue weighted by Crippen LogP contribution is 2.31. The summed E-state index contributed by atoms with van der Waals surface area (Å²) in [5.41, 5.74) is 2.74. The fourth-order valence-electron chi connectivity index (χ4n) is 1.79. The van der Waals surface area contributed by atoms with Crippen LogP contribution in [0.4, 0.5) is 0 Å². The molecule has 2 aromatic rings. The third kappa shape index (κ3) is 2.71. The minimum Gasteiger partial charge on any atom is -0.384 e. The highest BCUT2D eigenvalue weighted by atomic mass is 79.9. The van der Waals surface area contributed by atoms with Gasteiger partial charge in [0.15, 0.2) is 0 Å². The highest BCUT2D eigenvalue weighted by Gasteiger charge is 2.15. The zero-order chi connectivity index (χ0) is 12.4. The maximum atomic E-state index is 10.4. The van der Waals surface area contributed by atoms with Gasteiger partial charge in [0.1, 0.15) is 6.10 Å². The molecule has 88 valence electrons. The zero-order valence-electron chi connectivity index (χ0n) is 9.32. The van der Waals surface area contributed by atoms with Crippen LogP contribution in [0.1, 0.15) is 22.8 Å². The number of hydrogen-bond acceptors (Lipinski definition) is 1. The van der Waals surface area contributed by atoms with E-state index in [0.29, 0.717) is 5.02 Å². The summed E-state index contributed by atoms with van der Waals surface area (Å²) in [6, 6.07) is 13.2. The smallest absolute Gasteiger partial charge is 0.105 e. The lowest BCUT2D eigenvalue weighted by atomic mass is 9.98. The Morgan fingerprint density at radius 2 is 1.82 bits per heavy atom. The summed E-state index contributed by atoms with van der Waals surface area (Å²) in [6.45, 7) is 1.98. The van der Waals surface area contributed by atoms with Gasteiger partial charge in [0, 0.05) is 15.1 Å². The Kier molecular flexibility index (Phi) is 3.87. The average molecular weight is 312 g/mol. The molecule has 0 aliphatic heterocycles. The topological polar surface area (TPSA) is 20.2 Å². The molecule has 0 amide bonds. The Hall–Kier alpha value is -0.830. The van der Waals surface area contributed by atoms with Gasteiger partial charge >= 0.3 is 0 Å². The standard InChI is InChI=1S/C14H12BrClO/c1-9-4-2-3-5-11(9)14(17)12-8-10(16)6-7-13(12)15/h2-8,14,17H,1H3. The maximum Gasteiger partial charge on any atom is 0.105 e. The van der Waals surface area contributed by atoms with Gasteiger partial charge in [-0.2, -0.15) is 0 Å². The van der Waals surface area contributed by atoms with E-state index in [2.05, 4.69) is 15.9 Å². The molecule has 0 fully saturated rings. The largest absolute Gasteiger partial charge is 0.384 e. The summed E-state index contributed by atoms with van der Waals surface area (Å²) in [6.07, 6.45) is -0.663. The second-order valence-electron chi connectivity index (χ2n) is 3.92. The predicted molar refractivity (Wildman–Crippen MR) is 74.4 cm³/mol. The summed E-state index contributed by atoms with van der Waals surface area (Å²) >= 11 is 9.39. The van der Waals surface area contributed by atoms with Crippen molar-refractivity contribution in [3.8, 4) is 0 Å². The first-order valence-electron chi connectivity index (χ1n) is 5.28. The fraction of sp³-hybridized carbons (Fsp3) is 0.143. The van der Waals surface area contributed by atoms with E-state index >= 15 is 0 Å². The summed E-state index contributed by atoms with van der Waals surface area (Å²) in [5, 5.41) is 11.0. The Balaban J connectivity index is 2.47. The molecule has 17 heavy (non-hydrogen) atoms. The summed E-state index contributed by atoms with van der Waals surface area (Å²) in [7, 11) is 0. The molecule has 1 unspecified atom stereocenters. The first-order valence-corrected chi connectivity index (χ1v) is 6.45. The molecule has 3 heteroatoms. The van der Waals surface area contributed by atoms with Crippen LogP contribution in [-0.2, 0) is 0 Å². The second-order valence-corrected chi connectivity index (χ2v) is 5.22. The van der Waals surface area contributed by atoms with Crippen molar-refractivity contribution in [3.63, 3.8) is 0 Å². The Labute approximate surface area is 114 Å². The van der Waals surface area contributed by atoms with E-state index in [4.69, 9.17) is 11.6 Å². The van der Waals surface area contributed by atoms with Crippen molar-refractivity contribution in [3.05, 3.63) is 68.7 Å². The van der Waals surface area contributed by atoms with Crippen LogP contribution in [0.5, 0.6) is 0 Å². The van der Waals surface area contributed by atoms with Gasteiger partial charge in [-0.3, -0.25) is 0 Å². The van der Waals surface area contributed by atoms with Crippen LogP contribution in [-0.4, -0.2) is 5.11 Å². The quantitative estimate of drug-likeness (QED) is 0.866. The number of aryl methyl sites for hydroxylation is 1. The van der Waals surface area contributed by atoms with Gasteiger partial charge in [-0.05, 0) is 36.2 Å². The first kappa shape index (κ1) is 12.6. The van der Waals surface area contributed by atoms with E-state index in [-0.39, 0.29) is 0 Å². The molecule has 1 nitrogen and oxygen atoms in total. The molecule has 0 aromatic heterocycles. The van der Waals surface area contributed by atoms with Crippen LogP contribution < -0.4 is 0 Å². The van der Waals surface area contributed by atoms with Crippen LogP contribution >= 0.6 is 27.5 Å². The lowest BCUT2D eigenvalue weighted by molar-refractivity contribution is 0.219. The molecule has 2 aromatic carbocycles. The van der Waals surface area contributed by atoms with Crippen LogP contribution in [0.15, 0.2) is 46.9 Å². The second kappa shape index (κ2) is 5.21. The number of benzene rings is 2. The molecular weight excluding hydrogens is 300 g/mol. The molecule has 0 saturated carbocycles. The van der Waals surface area contributed by atoms with E-state index in [1.54, 1.807) is 12.1 Å². The number of aliphatic hydroxyl groups excluding tert-OH is 1. The van der Waals surface area contributed by atoms with Gasteiger partial charge in [-0.25, -0.2) is 0 Å². The molecular formula is C14H12BrClO. The maximum absolute atomic E-state index is 10.4. The van der Waals surface area contributed by atoms with E-state index in [1.165, 1.54) is 0 Å². The molecule has 0 bridgehead atoms. The van der Waals surface area contributed by atoms with Crippen LogP contribution in [0.3, 0.4) is 0 Å². The Bertz CT molecular complexity index is 539. The molecule has 0 radical (unpaired) electrons. The third-order valence-electron chi connectivity index (χ3n) is 2.74. The summed E-state index contributed by atoms with van der Waals surface area (Å²) in [4.78, 5) is 0. The molecule has 0 aliphatic rings. The molecule has 1 N–H and O–H groups in total. The number of halogens is 2. The van der Waals surface area contributed by atoms with Gasteiger partial charge < -0.3 is 5.11 Å². The van der Waals surface area contributed by atoms with Crippen LogP contribution in [0.2, 0.25) is 5.02 Å². The van der Waals surface area contributed by atoms with E-state index in [1.807, 2.05) is 37.3 Å². The van der Waals surface area contributed by atoms with Crippen LogP contribution in [0.25, 0.3) is 0 Å². The number of rotatable bonds is 2. The molecule has 2 rings (SSSR count). The SMILES string of the molecule is Cc1ccccc1C(O)c1cc(Cl)ccc1Br. The van der Waals surface area contributed by atoms with Gasteiger partial charge in [0.2, 0.25) is 0 Å². The monoisotopic (exact) mass is 310 g/mol. The normalized spacial score (nSPS) is 12.5. The van der Waals surface area contributed by atoms with E-state index in [0.717, 1.165) is 21.2 Å². The Morgan fingerprint density at radius 1 is 1.12 bits per heavy atom. The van der Waals surface area contributed by atoms with E-state index < -0.39 is 6.10 Å². The minimum atomic E-state index is -0.663. The first-order chi connectivity index (χ1) is 8.09. The predicted octanol–water partition coefficient (Wildman–Crippen LogP) is 4.49. The van der Waals surface area contributed by atoms with Gasteiger partial charge in [-0.1, -0.05) is 51.8 Å². The highest BCUT2D eigenvalue weighted by molar-refractivity contribution is 9.10. The molecule has 0 aliphatic carbocycles. The van der Waals surface area contributed by atoms with Crippen molar-refractivity contribution in [1.29, 1.82) is 0 Å². The molecule has 0 spiro atoms. The zero-order valence-corrected chi connectivity index (χ0v) is 11.7. The van der Waals surface area contributed by atoms with Crippen molar-refractivity contribution >= 4 is 27.5 Å². The van der Waals surface area contributed by atoms with Crippen molar-refractivity contribution < 1.29 is 5.11 Å². The fourth-order valence-corrected chi connectivity index (χ4v) is 2.43. The lowest BCUT2D eigenvalue weighted by Gasteiger charge is -2.15. The third-order valence-corrected chi connectivity index (χ3v) is 3.69. The Morgan fingerprint density at radius 3 is 2.53 bits per heavy atom. The molecule has 1 atom stereocenters. The van der Waals surface area contributed by atoms with Crippen LogP contribution in [0, 0.1) is 6.92 Å². The van der Waals surface area contributed by atoms with Gasteiger partial charge in [0.05, 0.1) is 0 Å². The van der Waals surface area contributed by atoms with Gasteiger partial charge in [-0.15, -0.1) is 0 Å².